The number of likely N-dealkylation sites (tertiary alicyclic amines) is 1. The number of piperidine rings is 1. The number of nitrogens with one attached hydrogen (secondary N) is 1. The van der Waals surface area contributed by atoms with E-state index in [2.05, 4.69) is 41.9 Å². The minimum absolute atomic E-state index is 0.0882. The molecule has 1 aromatic heterocycles. The van der Waals surface area contributed by atoms with Crippen molar-refractivity contribution >= 4 is 28.3 Å². The van der Waals surface area contributed by atoms with E-state index in [1.165, 1.54) is 18.4 Å². The van der Waals surface area contributed by atoms with Crippen LogP contribution >= 0.6 is 11.6 Å². The van der Waals surface area contributed by atoms with Gasteiger partial charge in [0, 0.05) is 28.4 Å². The van der Waals surface area contributed by atoms with E-state index >= 15 is 0 Å². The number of hydrogen-bond acceptors (Lipinski definition) is 2. The van der Waals surface area contributed by atoms with E-state index in [1.54, 1.807) is 0 Å². The Kier molecular flexibility index (Phi) is 5.56. The Morgan fingerprint density at radius 3 is 2.64 bits per heavy atom. The van der Waals surface area contributed by atoms with Crippen molar-refractivity contribution in [2.75, 3.05) is 13.1 Å². The van der Waals surface area contributed by atoms with E-state index in [0.29, 0.717) is 29.1 Å². The summed E-state index contributed by atoms with van der Waals surface area (Å²) in [6, 6.07) is 16.7. The third-order valence-corrected chi connectivity index (χ3v) is 6.17. The largest absolute Gasteiger partial charge is 0.352 e. The average molecular weight is 395 g/mol. The molecule has 1 N–H and O–H groups in total. The SMILES string of the molecule is CC(C)N1CCC(c2ccc3[nH]c(C(=O)Cc4cccc(Cl)c4)cc3c2)CC1. The van der Waals surface area contributed by atoms with Gasteiger partial charge in [-0.25, -0.2) is 0 Å². The first-order chi connectivity index (χ1) is 13.5. The van der Waals surface area contributed by atoms with Crippen molar-refractivity contribution in [1.29, 1.82) is 0 Å². The Morgan fingerprint density at radius 2 is 1.93 bits per heavy atom. The van der Waals surface area contributed by atoms with Gasteiger partial charge in [-0.15, -0.1) is 0 Å². The van der Waals surface area contributed by atoms with Crippen LogP contribution in [0.3, 0.4) is 0 Å². The fourth-order valence-corrected chi connectivity index (χ4v) is 4.44. The third kappa shape index (κ3) is 4.16. The molecule has 1 fully saturated rings. The van der Waals surface area contributed by atoms with Crippen LogP contribution in [-0.2, 0) is 6.42 Å². The van der Waals surface area contributed by atoms with Crippen LogP contribution in [0.4, 0.5) is 0 Å². The summed E-state index contributed by atoms with van der Waals surface area (Å²) in [6.07, 6.45) is 2.76. The van der Waals surface area contributed by atoms with Gasteiger partial charge in [0.15, 0.2) is 5.78 Å². The second-order valence-corrected chi connectivity index (χ2v) is 8.60. The first-order valence-electron chi connectivity index (χ1n) is 10.1. The second kappa shape index (κ2) is 8.10. The zero-order chi connectivity index (χ0) is 19.7. The number of H-pyrrole nitrogens is 1. The Labute approximate surface area is 171 Å². The van der Waals surface area contributed by atoms with Crippen molar-refractivity contribution in [2.24, 2.45) is 0 Å². The summed E-state index contributed by atoms with van der Waals surface area (Å²) < 4.78 is 0. The van der Waals surface area contributed by atoms with Gasteiger partial charge in [0.05, 0.1) is 5.69 Å². The molecule has 0 atom stereocenters. The molecule has 0 unspecified atom stereocenters. The van der Waals surface area contributed by atoms with E-state index < -0.39 is 0 Å². The number of nitrogens with zero attached hydrogens (tertiary/aromatic N) is 1. The molecule has 146 valence electrons. The third-order valence-electron chi connectivity index (χ3n) is 5.93. The first-order valence-corrected chi connectivity index (χ1v) is 10.5. The lowest BCUT2D eigenvalue weighted by molar-refractivity contribution is 0.0989. The molecular weight excluding hydrogens is 368 g/mol. The first kappa shape index (κ1) is 19.2. The summed E-state index contributed by atoms with van der Waals surface area (Å²) in [5, 5.41) is 1.79. The predicted octanol–water partition coefficient (Wildman–Crippen LogP) is 5.83. The molecule has 1 aliphatic heterocycles. The number of carbonyl (C=O) groups is 1. The highest BCUT2D eigenvalue weighted by molar-refractivity contribution is 6.30. The molecule has 0 saturated carbocycles. The van der Waals surface area contributed by atoms with Crippen LogP contribution in [0.25, 0.3) is 10.9 Å². The Bertz CT molecular complexity index is 983. The smallest absolute Gasteiger partial charge is 0.183 e. The van der Waals surface area contributed by atoms with Crippen molar-refractivity contribution in [2.45, 2.75) is 45.1 Å². The summed E-state index contributed by atoms with van der Waals surface area (Å²) in [5.74, 6) is 0.699. The fourth-order valence-electron chi connectivity index (χ4n) is 4.23. The minimum atomic E-state index is 0.0882. The molecule has 3 aromatic rings. The lowest BCUT2D eigenvalue weighted by atomic mass is 9.88. The maximum absolute atomic E-state index is 12.7. The molecule has 0 spiro atoms. The molecule has 3 nitrogen and oxygen atoms in total. The summed E-state index contributed by atoms with van der Waals surface area (Å²) in [5.41, 5.74) is 4.03. The van der Waals surface area contributed by atoms with Crippen LogP contribution < -0.4 is 0 Å². The van der Waals surface area contributed by atoms with Crippen LogP contribution in [-0.4, -0.2) is 34.8 Å². The predicted molar refractivity (Wildman–Crippen MR) is 116 cm³/mol. The Morgan fingerprint density at radius 1 is 1.14 bits per heavy atom. The zero-order valence-electron chi connectivity index (χ0n) is 16.5. The average Bonchev–Trinajstić information content (AvgIpc) is 3.11. The van der Waals surface area contributed by atoms with Crippen molar-refractivity contribution < 1.29 is 4.79 Å². The number of hydrogen-bond donors (Lipinski definition) is 1. The van der Waals surface area contributed by atoms with Gasteiger partial charge >= 0.3 is 0 Å². The van der Waals surface area contributed by atoms with Crippen molar-refractivity contribution in [3.05, 3.63) is 70.4 Å². The molecule has 4 heteroatoms. The van der Waals surface area contributed by atoms with Crippen molar-refractivity contribution in [1.82, 2.24) is 9.88 Å². The molecule has 0 aliphatic carbocycles. The van der Waals surface area contributed by atoms with Gasteiger partial charge in [-0.05, 0) is 87.2 Å². The second-order valence-electron chi connectivity index (χ2n) is 8.16. The summed E-state index contributed by atoms with van der Waals surface area (Å²) in [4.78, 5) is 18.5. The van der Waals surface area contributed by atoms with Crippen LogP contribution in [0.15, 0.2) is 48.5 Å². The highest BCUT2D eigenvalue weighted by atomic mass is 35.5. The van der Waals surface area contributed by atoms with Crippen LogP contribution in [0.1, 0.15) is 54.2 Å². The fraction of sp³-hybridized carbons (Fsp3) is 0.375. The normalized spacial score (nSPS) is 16.1. The molecule has 0 amide bonds. The lowest BCUT2D eigenvalue weighted by Gasteiger charge is -2.34. The quantitative estimate of drug-likeness (QED) is 0.552. The highest BCUT2D eigenvalue weighted by Crippen LogP contribution is 2.31. The number of ketones is 1. The monoisotopic (exact) mass is 394 g/mol. The van der Waals surface area contributed by atoms with E-state index in [1.807, 2.05) is 30.3 Å². The summed E-state index contributed by atoms with van der Waals surface area (Å²) in [6.45, 7) is 6.87. The molecule has 2 heterocycles. The van der Waals surface area contributed by atoms with Crippen LogP contribution in [0.5, 0.6) is 0 Å². The molecule has 1 aliphatic rings. The number of fused-ring (bicyclic) bond motifs is 1. The minimum Gasteiger partial charge on any atom is -0.352 e. The lowest BCUT2D eigenvalue weighted by Crippen LogP contribution is -2.37. The molecule has 28 heavy (non-hydrogen) atoms. The van der Waals surface area contributed by atoms with Crippen LogP contribution in [0, 0.1) is 0 Å². The maximum Gasteiger partial charge on any atom is 0.183 e. The Hall–Kier alpha value is -2.10. The van der Waals surface area contributed by atoms with Crippen LogP contribution in [0.2, 0.25) is 5.02 Å². The van der Waals surface area contributed by atoms with E-state index in [0.717, 1.165) is 29.6 Å². The highest BCUT2D eigenvalue weighted by Gasteiger charge is 2.22. The van der Waals surface area contributed by atoms with E-state index in [9.17, 15) is 4.79 Å². The van der Waals surface area contributed by atoms with E-state index in [-0.39, 0.29) is 5.78 Å². The number of rotatable bonds is 5. The number of benzene rings is 2. The molecular formula is C24H27ClN2O. The molecule has 1 saturated heterocycles. The molecule has 4 rings (SSSR count). The molecule has 0 radical (unpaired) electrons. The number of carbonyl (C=O) groups excluding carboxylic acids is 1. The van der Waals surface area contributed by atoms with Gasteiger partial charge in [-0.3, -0.25) is 4.79 Å². The molecule has 0 bridgehead atoms. The topological polar surface area (TPSA) is 36.1 Å². The zero-order valence-corrected chi connectivity index (χ0v) is 17.3. The van der Waals surface area contributed by atoms with Gasteiger partial charge in [0.1, 0.15) is 0 Å². The van der Waals surface area contributed by atoms with Gasteiger partial charge in [0.25, 0.3) is 0 Å². The maximum atomic E-state index is 12.7. The number of Topliss-reactive ketones (excluding diaryl/α,β-unsaturated/α-hetero) is 1. The van der Waals surface area contributed by atoms with Gasteiger partial charge in [0.2, 0.25) is 0 Å². The van der Waals surface area contributed by atoms with Gasteiger partial charge in [-0.1, -0.05) is 29.8 Å². The van der Waals surface area contributed by atoms with Crippen molar-refractivity contribution in [3.63, 3.8) is 0 Å². The van der Waals surface area contributed by atoms with Crippen molar-refractivity contribution in [3.8, 4) is 0 Å². The summed E-state index contributed by atoms with van der Waals surface area (Å²) >= 11 is 6.03. The number of halogens is 1. The Balaban J connectivity index is 1.49. The summed E-state index contributed by atoms with van der Waals surface area (Å²) in [7, 11) is 0. The number of aromatic amines is 1. The van der Waals surface area contributed by atoms with Gasteiger partial charge in [-0.2, -0.15) is 0 Å². The molecule has 2 aromatic carbocycles. The van der Waals surface area contributed by atoms with E-state index in [4.69, 9.17) is 11.6 Å². The van der Waals surface area contributed by atoms with Gasteiger partial charge < -0.3 is 9.88 Å². The number of aromatic nitrogens is 1. The standard InChI is InChI=1S/C24H27ClN2O/c1-16(2)27-10-8-18(9-11-27)19-6-7-22-20(14-19)15-23(26-22)24(28)13-17-4-3-5-21(25)12-17/h3-7,12,14-16,18,26H,8-11,13H2,1-2H3.